The lowest BCUT2D eigenvalue weighted by molar-refractivity contribution is -0.474. The summed E-state index contributed by atoms with van der Waals surface area (Å²) < 4.78 is 0. The molecule has 0 aliphatic carbocycles. The fourth-order valence-electron chi connectivity index (χ4n) is 0.795. The highest BCUT2D eigenvalue weighted by Gasteiger charge is 1.99. The van der Waals surface area contributed by atoms with Crippen molar-refractivity contribution >= 4 is 23.4 Å². The first-order chi connectivity index (χ1) is 6.18. The molecular formula is C8H8ClNO2S. The van der Waals surface area contributed by atoms with Crippen molar-refractivity contribution in [3.05, 3.63) is 39.4 Å². The molecule has 1 aromatic carbocycles. The van der Waals surface area contributed by atoms with Gasteiger partial charge >= 0.3 is 0 Å². The Bertz CT molecular complexity index is 306. The molecule has 0 unspecified atom stereocenters. The van der Waals surface area contributed by atoms with E-state index >= 15 is 0 Å². The molecular weight excluding hydrogens is 210 g/mol. The summed E-state index contributed by atoms with van der Waals surface area (Å²) in [5.74, 6) is 0.480. The Balaban J connectivity index is 2.41. The monoisotopic (exact) mass is 217 g/mol. The minimum atomic E-state index is -0.322. The Morgan fingerprint density at radius 1 is 1.54 bits per heavy atom. The molecule has 0 aromatic heterocycles. The first kappa shape index (κ1) is 10.3. The standard InChI is InChI=1S/C8H8ClNO2S/c9-7-2-1-3-8(6-7)13-5-4-10(11)12/h1-3,6H,4-5H2. The Labute approximate surface area is 85.2 Å². The van der Waals surface area contributed by atoms with Crippen molar-refractivity contribution < 1.29 is 4.92 Å². The number of rotatable bonds is 4. The topological polar surface area (TPSA) is 43.1 Å². The van der Waals surface area contributed by atoms with Gasteiger partial charge in [0.15, 0.2) is 0 Å². The Morgan fingerprint density at radius 3 is 2.92 bits per heavy atom. The smallest absolute Gasteiger partial charge is 0.213 e. The molecule has 0 saturated carbocycles. The van der Waals surface area contributed by atoms with E-state index in [1.54, 1.807) is 12.1 Å². The molecule has 0 aliphatic rings. The maximum Gasteiger partial charge on any atom is 0.213 e. The second-order valence-electron chi connectivity index (χ2n) is 2.36. The van der Waals surface area contributed by atoms with Crippen LogP contribution in [0.2, 0.25) is 5.02 Å². The zero-order valence-electron chi connectivity index (χ0n) is 6.77. The van der Waals surface area contributed by atoms with Crippen molar-refractivity contribution in [2.45, 2.75) is 4.90 Å². The maximum atomic E-state index is 10.0. The van der Waals surface area contributed by atoms with Gasteiger partial charge in [0.1, 0.15) is 0 Å². The van der Waals surface area contributed by atoms with Crippen molar-refractivity contribution in [2.24, 2.45) is 0 Å². The fraction of sp³-hybridized carbons (Fsp3) is 0.250. The molecule has 70 valence electrons. The normalized spacial score (nSPS) is 9.92. The largest absolute Gasteiger partial charge is 0.265 e. The van der Waals surface area contributed by atoms with Crippen molar-refractivity contribution in [3.63, 3.8) is 0 Å². The second kappa shape index (κ2) is 5.09. The van der Waals surface area contributed by atoms with Gasteiger partial charge in [-0.1, -0.05) is 17.7 Å². The number of halogens is 1. The van der Waals surface area contributed by atoms with E-state index in [-0.39, 0.29) is 11.5 Å². The summed E-state index contributed by atoms with van der Waals surface area (Å²) in [6.07, 6.45) is 0. The van der Waals surface area contributed by atoms with Crippen molar-refractivity contribution in [3.8, 4) is 0 Å². The van der Waals surface area contributed by atoms with Crippen molar-refractivity contribution in [1.29, 1.82) is 0 Å². The number of nitro groups is 1. The molecule has 0 amide bonds. The molecule has 0 atom stereocenters. The molecule has 0 bridgehead atoms. The first-order valence-corrected chi connectivity index (χ1v) is 5.05. The van der Waals surface area contributed by atoms with Crippen LogP contribution in [-0.2, 0) is 0 Å². The van der Waals surface area contributed by atoms with Crippen molar-refractivity contribution in [2.75, 3.05) is 12.3 Å². The molecule has 1 rings (SSSR count). The molecule has 0 saturated heterocycles. The van der Waals surface area contributed by atoms with Crippen LogP contribution in [0.3, 0.4) is 0 Å². The Morgan fingerprint density at radius 2 is 2.31 bits per heavy atom. The summed E-state index contributed by atoms with van der Waals surface area (Å²) in [6, 6.07) is 7.29. The minimum absolute atomic E-state index is 0.0167. The molecule has 0 heterocycles. The van der Waals surface area contributed by atoms with Gasteiger partial charge < -0.3 is 0 Å². The lowest BCUT2D eigenvalue weighted by Gasteiger charge is -1.98. The molecule has 0 spiro atoms. The van der Waals surface area contributed by atoms with E-state index in [2.05, 4.69) is 0 Å². The summed E-state index contributed by atoms with van der Waals surface area (Å²) >= 11 is 7.18. The third-order valence-electron chi connectivity index (χ3n) is 1.34. The third kappa shape index (κ3) is 4.15. The predicted molar refractivity (Wildman–Crippen MR) is 54.0 cm³/mol. The summed E-state index contributed by atoms with van der Waals surface area (Å²) in [5.41, 5.74) is 0. The van der Waals surface area contributed by atoms with Crippen LogP contribution in [0.1, 0.15) is 0 Å². The van der Waals surface area contributed by atoms with Crippen LogP contribution in [0.4, 0.5) is 0 Å². The molecule has 0 fully saturated rings. The number of hydrogen-bond donors (Lipinski definition) is 0. The van der Waals surface area contributed by atoms with E-state index in [4.69, 9.17) is 11.6 Å². The number of benzene rings is 1. The third-order valence-corrected chi connectivity index (χ3v) is 2.55. The van der Waals surface area contributed by atoms with Gasteiger partial charge in [0.25, 0.3) is 0 Å². The molecule has 3 nitrogen and oxygen atoms in total. The van der Waals surface area contributed by atoms with Crippen LogP contribution in [0, 0.1) is 10.1 Å². The number of nitrogens with zero attached hydrogens (tertiary/aromatic N) is 1. The van der Waals surface area contributed by atoms with Gasteiger partial charge in [-0.25, -0.2) is 0 Å². The van der Waals surface area contributed by atoms with Gasteiger partial charge in [0, 0.05) is 14.8 Å². The SMILES string of the molecule is O=[N+]([O-])CCSc1cccc(Cl)c1. The summed E-state index contributed by atoms with van der Waals surface area (Å²) in [6.45, 7) is -0.0167. The number of hydrogen-bond acceptors (Lipinski definition) is 3. The van der Waals surface area contributed by atoms with E-state index in [0.717, 1.165) is 4.90 Å². The predicted octanol–water partition coefficient (Wildman–Crippen LogP) is 2.71. The van der Waals surface area contributed by atoms with Gasteiger partial charge in [-0.2, -0.15) is 0 Å². The van der Waals surface area contributed by atoms with Gasteiger partial charge in [0.2, 0.25) is 6.54 Å². The highest BCUT2D eigenvalue weighted by molar-refractivity contribution is 7.99. The molecule has 0 radical (unpaired) electrons. The second-order valence-corrected chi connectivity index (χ2v) is 3.97. The van der Waals surface area contributed by atoms with Crippen LogP contribution < -0.4 is 0 Å². The van der Waals surface area contributed by atoms with E-state index in [9.17, 15) is 10.1 Å². The molecule has 1 aromatic rings. The van der Waals surface area contributed by atoms with Crippen LogP contribution in [-0.4, -0.2) is 17.2 Å². The van der Waals surface area contributed by atoms with Crippen LogP contribution in [0.15, 0.2) is 29.2 Å². The van der Waals surface area contributed by atoms with E-state index in [1.807, 2.05) is 12.1 Å². The van der Waals surface area contributed by atoms with E-state index in [0.29, 0.717) is 10.8 Å². The molecule has 0 N–H and O–H groups in total. The van der Waals surface area contributed by atoms with Gasteiger partial charge in [-0.15, -0.1) is 11.8 Å². The summed E-state index contributed by atoms with van der Waals surface area (Å²) in [5, 5.41) is 10.7. The zero-order valence-corrected chi connectivity index (χ0v) is 8.35. The fourth-order valence-corrected chi connectivity index (χ4v) is 1.91. The Hall–Kier alpha value is -0.740. The number of thioether (sulfide) groups is 1. The lowest BCUT2D eigenvalue weighted by atomic mass is 10.4. The van der Waals surface area contributed by atoms with E-state index < -0.39 is 0 Å². The molecule has 5 heteroatoms. The Kier molecular flexibility index (Phi) is 4.05. The minimum Gasteiger partial charge on any atom is -0.265 e. The quantitative estimate of drug-likeness (QED) is 0.443. The molecule has 13 heavy (non-hydrogen) atoms. The van der Waals surface area contributed by atoms with Gasteiger partial charge in [0.05, 0.1) is 5.75 Å². The van der Waals surface area contributed by atoms with Crippen LogP contribution in [0.5, 0.6) is 0 Å². The van der Waals surface area contributed by atoms with E-state index in [1.165, 1.54) is 11.8 Å². The lowest BCUT2D eigenvalue weighted by Crippen LogP contribution is -2.02. The van der Waals surface area contributed by atoms with Crippen LogP contribution in [0.25, 0.3) is 0 Å². The average molecular weight is 218 g/mol. The van der Waals surface area contributed by atoms with Gasteiger partial charge in [-0.05, 0) is 18.2 Å². The van der Waals surface area contributed by atoms with Crippen molar-refractivity contribution in [1.82, 2.24) is 0 Å². The highest BCUT2D eigenvalue weighted by Crippen LogP contribution is 2.20. The van der Waals surface area contributed by atoms with Gasteiger partial charge in [-0.3, -0.25) is 10.1 Å². The average Bonchev–Trinajstić information content (AvgIpc) is 2.03. The summed E-state index contributed by atoms with van der Waals surface area (Å²) in [7, 11) is 0. The summed E-state index contributed by atoms with van der Waals surface area (Å²) in [4.78, 5) is 10.7. The first-order valence-electron chi connectivity index (χ1n) is 3.68. The zero-order chi connectivity index (χ0) is 9.68. The van der Waals surface area contributed by atoms with Crippen LogP contribution >= 0.6 is 23.4 Å². The maximum absolute atomic E-state index is 10.0. The highest BCUT2D eigenvalue weighted by atomic mass is 35.5. The molecule has 0 aliphatic heterocycles.